The summed E-state index contributed by atoms with van der Waals surface area (Å²) in [4.78, 5) is 20.8. The highest BCUT2D eigenvalue weighted by molar-refractivity contribution is 9.10. The topological polar surface area (TPSA) is 42.4 Å². The van der Waals surface area contributed by atoms with Gasteiger partial charge in [-0.15, -0.1) is 0 Å². The second-order valence-corrected chi connectivity index (χ2v) is 4.13. The van der Waals surface area contributed by atoms with Crippen LogP contribution in [0.5, 0.6) is 0 Å². The van der Waals surface area contributed by atoms with Gasteiger partial charge in [-0.25, -0.2) is 10.0 Å². The Morgan fingerprint density at radius 2 is 2.27 bits per heavy atom. The Morgan fingerprint density at radius 3 is 2.80 bits per heavy atom. The molecule has 0 aliphatic rings. The summed E-state index contributed by atoms with van der Waals surface area (Å²) in [6.45, 7) is 0. The maximum Gasteiger partial charge on any atom is 0.296 e. The summed E-state index contributed by atoms with van der Waals surface area (Å²) in [6.07, 6.45) is 0. The number of carbonyl (C=O) groups is 1. The Bertz CT molecular complexity index is 371. The minimum absolute atomic E-state index is 0.270. The number of nitrogens with zero attached hydrogens (tertiary/aromatic N) is 2. The van der Waals surface area contributed by atoms with Gasteiger partial charge in [0.15, 0.2) is 0 Å². The standard InChI is InChI=1S/C9H10Br2N2O2/c1-13(15-2)9(14)8-6(5-10)3-4-7(11)12-8/h3-4H,5H2,1-2H3. The summed E-state index contributed by atoms with van der Waals surface area (Å²) in [5.41, 5.74) is 1.21. The minimum atomic E-state index is -0.270. The summed E-state index contributed by atoms with van der Waals surface area (Å²) in [5.74, 6) is -0.270. The van der Waals surface area contributed by atoms with E-state index in [1.54, 1.807) is 13.1 Å². The van der Waals surface area contributed by atoms with Gasteiger partial charge in [-0.3, -0.25) is 9.63 Å². The summed E-state index contributed by atoms with van der Waals surface area (Å²) < 4.78 is 0.625. The van der Waals surface area contributed by atoms with Crippen LogP contribution >= 0.6 is 31.9 Å². The van der Waals surface area contributed by atoms with Crippen molar-refractivity contribution in [2.75, 3.05) is 14.2 Å². The Morgan fingerprint density at radius 1 is 1.60 bits per heavy atom. The van der Waals surface area contributed by atoms with Gasteiger partial charge in [-0.1, -0.05) is 22.0 Å². The first kappa shape index (κ1) is 12.6. The highest BCUT2D eigenvalue weighted by Crippen LogP contribution is 2.16. The molecule has 15 heavy (non-hydrogen) atoms. The van der Waals surface area contributed by atoms with Crippen LogP contribution in [0.3, 0.4) is 0 Å². The molecule has 1 aromatic heterocycles. The van der Waals surface area contributed by atoms with Gasteiger partial charge in [-0.05, 0) is 27.6 Å². The van der Waals surface area contributed by atoms with Gasteiger partial charge < -0.3 is 0 Å². The first-order valence-electron chi connectivity index (χ1n) is 4.13. The first-order chi connectivity index (χ1) is 7.10. The number of aromatic nitrogens is 1. The maximum absolute atomic E-state index is 11.8. The quantitative estimate of drug-likeness (QED) is 0.483. The van der Waals surface area contributed by atoms with Crippen LogP contribution in [0.1, 0.15) is 16.1 Å². The van der Waals surface area contributed by atoms with Crippen molar-refractivity contribution in [2.24, 2.45) is 0 Å². The second-order valence-electron chi connectivity index (χ2n) is 2.76. The van der Waals surface area contributed by atoms with Gasteiger partial charge in [0.05, 0.1) is 7.11 Å². The van der Waals surface area contributed by atoms with Crippen molar-refractivity contribution < 1.29 is 9.63 Å². The van der Waals surface area contributed by atoms with Crippen molar-refractivity contribution in [2.45, 2.75) is 5.33 Å². The molecule has 6 heteroatoms. The van der Waals surface area contributed by atoms with E-state index in [9.17, 15) is 4.79 Å². The zero-order valence-electron chi connectivity index (χ0n) is 8.33. The fourth-order valence-corrected chi connectivity index (χ4v) is 1.75. The smallest absolute Gasteiger partial charge is 0.274 e. The molecule has 0 spiro atoms. The lowest BCUT2D eigenvalue weighted by Crippen LogP contribution is -2.27. The number of carbonyl (C=O) groups excluding carboxylic acids is 1. The van der Waals surface area contributed by atoms with E-state index in [2.05, 4.69) is 36.8 Å². The predicted octanol–water partition coefficient (Wildman–Crippen LogP) is 2.37. The summed E-state index contributed by atoms with van der Waals surface area (Å²) >= 11 is 6.53. The molecule has 0 radical (unpaired) electrons. The normalized spacial score (nSPS) is 10.1. The van der Waals surface area contributed by atoms with Crippen LogP contribution in [0.2, 0.25) is 0 Å². The molecule has 0 aliphatic carbocycles. The number of amides is 1. The lowest BCUT2D eigenvalue weighted by Gasteiger charge is -2.14. The Labute approximate surface area is 105 Å². The molecule has 1 amide bonds. The van der Waals surface area contributed by atoms with Crippen LogP contribution < -0.4 is 0 Å². The average Bonchev–Trinajstić information content (AvgIpc) is 2.27. The van der Waals surface area contributed by atoms with E-state index in [1.807, 2.05) is 6.07 Å². The van der Waals surface area contributed by atoms with Gasteiger partial charge in [0.25, 0.3) is 5.91 Å². The molecule has 1 heterocycles. The van der Waals surface area contributed by atoms with Gasteiger partial charge in [0.2, 0.25) is 0 Å². The number of rotatable bonds is 3. The van der Waals surface area contributed by atoms with Gasteiger partial charge in [-0.2, -0.15) is 0 Å². The van der Waals surface area contributed by atoms with E-state index in [4.69, 9.17) is 4.84 Å². The van der Waals surface area contributed by atoms with E-state index < -0.39 is 0 Å². The average molecular weight is 338 g/mol. The largest absolute Gasteiger partial charge is 0.296 e. The molecule has 0 bridgehead atoms. The SMILES string of the molecule is CON(C)C(=O)c1nc(Br)ccc1CBr. The molecule has 1 rings (SSSR count). The molecule has 0 N–H and O–H groups in total. The van der Waals surface area contributed by atoms with Crippen LogP contribution in [0.4, 0.5) is 0 Å². The summed E-state index contributed by atoms with van der Waals surface area (Å²) in [7, 11) is 2.98. The molecule has 0 unspecified atom stereocenters. The zero-order valence-corrected chi connectivity index (χ0v) is 11.5. The number of pyridine rings is 1. The fourth-order valence-electron chi connectivity index (χ4n) is 0.989. The van der Waals surface area contributed by atoms with Gasteiger partial charge >= 0.3 is 0 Å². The molecule has 0 aliphatic heterocycles. The van der Waals surface area contributed by atoms with E-state index in [0.29, 0.717) is 15.6 Å². The monoisotopic (exact) mass is 336 g/mol. The van der Waals surface area contributed by atoms with Crippen LogP contribution in [-0.2, 0) is 10.2 Å². The third-order valence-electron chi connectivity index (χ3n) is 1.85. The highest BCUT2D eigenvalue weighted by atomic mass is 79.9. The Hall–Kier alpha value is -0.460. The van der Waals surface area contributed by atoms with E-state index in [0.717, 1.165) is 10.6 Å². The molecule has 1 aromatic rings. The van der Waals surface area contributed by atoms with Crippen molar-refractivity contribution in [1.82, 2.24) is 10.0 Å². The summed E-state index contributed by atoms with van der Waals surface area (Å²) in [5, 5.41) is 1.72. The zero-order chi connectivity index (χ0) is 11.4. The molecule has 0 saturated heterocycles. The predicted molar refractivity (Wildman–Crippen MR) is 63.7 cm³/mol. The molecule has 0 aromatic carbocycles. The van der Waals surface area contributed by atoms with Crippen molar-refractivity contribution >= 4 is 37.8 Å². The highest BCUT2D eigenvalue weighted by Gasteiger charge is 2.17. The molecular formula is C9H10Br2N2O2. The van der Waals surface area contributed by atoms with Crippen LogP contribution in [-0.4, -0.2) is 30.1 Å². The van der Waals surface area contributed by atoms with Gasteiger partial charge in [0.1, 0.15) is 10.3 Å². The number of hydrogen-bond donors (Lipinski definition) is 0. The van der Waals surface area contributed by atoms with E-state index in [-0.39, 0.29) is 5.91 Å². The van der Waals surface area contributed by atoms with Crippen LogP contribution in [0.25, 0.3) is 0 Å². The fraction of sp³-hybridized carbons (Fsp3) is 0.333. The molecule has 0 fully saturated rings. The number of alkyl halides is 1. The first-order valence-corrected chi connectivity index (χ1v) is 6.05. The Kier molecular flexibility index (Phi) is 4.69. The van der Waals surface area contributed by atoms with Crippen LogP contribution in [0.15, 0.2) is 16.7 Å². The number of hydroxylamine groups is 2. The van der Waals surface area contributed by atoms with Crippen molar-refractivity contribution in [3.05, 3.63) is 28.0 Å². The molecule has 0 saturated carbocycles. The van der Waals surface area contributed by atoms with Crippen molar-refractivity contribution in [1.29, 1.82) is 0 Å². The van der Waals surface area contributed by atoms with E-state index >= 15 is 0 Å². The molecular weight excluding hydrogens is 328 g/mol. The second kappa shape index (κ2) is 5.58. The molecule has 0 atom stereocenters. The maximum atomic E-state index is 11.8. The third kappa shape index (κ3) is 2.99. The lowest BCUT2D eigenvalue weighted by atomic mass is 10.2. The number of hydrogen-bond acceptors (Lipinski definition) is 3. The van der Waals surface area contributed by atoms with Crippen LogP contribution in [0, 0.1) is 0 Å². The van der Waals surface area contributed by atoms with Gasteiger partial charge in [0, 0.05) is 12.4 Å². The summed E-state index contributed by atoms with van der Waals surface area (Å²) in [6, 6.07) is 3.63. The van der Waals surface area contributed by atoms with E-state index in [1.165, 1.54) is 7.11 Å². The molecule has 4 nitrogen and oxygen atoms in total. The lowest BCUT2D eigenvalue weighted by molar-refractivity contribution is -0.0761. The number of halogens is 2. The Balaban J connectivity index is 3.11. The minimum Gasteiger partial charge on any atom is -0.274 e. The molecule has 82 valence electrons. The third-order valence-corrected chi connectivity index (χ3v) is 2.90. The van der Waals surface area contributed by atoms with Crippen molar-refractivity contribution in [3.63, 3.8) is 0 Å². The van der Waals surface area contributed by atoms with Crippen molar-refractivity contribution in [3.8, 4) is 0 Å².